The molecule has 21 heavy (non-hydrogen) atoms. The molecule has 0 saturated heterocycles. The molecule has 3 N–H and O–H groups in total. The standard InChI is InChI=1S/C17H19BrN2O/c1-3-16(12-6-8-14(18)9-7-12)20-17(21)13-5-4-11(2)15(19)10-13/h4-10,16H,3,19H2,1-2H3,(H,20,21). The molecule has 2 aromatic rings. The van der Waals surface area contributed by atoms with Gasteiger partial charge in [-0.3, -0.25) is 4.79 Å². The maximum absolute atomic E-state index is 12.3. The number of hydrogen-bond acceptors (Lipinski definition) is 2. The van der Waals surface area contributed by atoms with Crippen molar-refractivity contribution in [3.05, 3.63) is 63.6 Å². The van der Waals surface area contributed by atoms with Gasteiger partial charge >= 0.3 is 0 Å². The number of hydrogen-bond donors (Lipinski definition) is 2. The molecule has 0 aliphatic carbocycles. The Labute approximate surface area is 133 Å². The average Bonchev–Trinajstić information content (AvgIpc) is 2.48. The van der Waals surface area contributed by atoms with Gasteiger partial charge in [-0.2, -0.15) is 0 Å². The topological polar surface area (TPSA) is 55.1 Å². The highest BCUT2D eigenvalue weighted by Crippen LogP contribution is 2.20. The molecule has 2 aromatic carbocycles. The largest absolute Gasteiger partial charge is 0.398 e. The van der Waals surface area contributed by atoms with Crippen molar-refractivity contribution in [2.75, 3.05) is 5.73 Å². The van der Waals surface area contributed by atoms with Crippen LogP contribution in [0.25, 0.3) is 0 Å². The van der Waals surface area contributed by atoms with Gasteiger partial charge in [-0.05, 0) is 48.7 Å². The zero-order valence-corrected chi connectivity index (χ0v) is 13.8. The van der Waals surface area contributed by atoms with Gasteiger partial charge in [0.2, 0.25) is 0 Å². The Morgan fingerprint density at radius 1 is 1.24 bits per heavy atom. The molecular formula is C17H19BrN2O. The van der Waals surface area contributed by atoms with Crippen LogP contribution < -0.4 is 11.1 Å². The van der Waals surface area contributed by atoms with Crippen LogP contribution in [0.2, 0.25) is 0 Å². The van der Waals surface area contributed by atoms with Gasteiger partial charge in [0.1, 0.15) is 0 Å². The summed E-state index contributed by atoms with van der Waals surface area (Å²) in [6.07, 6.45) is 0.828. The molecule has 0 fully saturated rings. The highest BCUT2D eigenvalue weighted by atomic mass is 79.9. The van der Waals surface area contributed by atoms with Crippen molar-refractivity contribution in [2.24, 2.45) is 0 Å². The van der Waals surface area contributed by atoms with Crippen molar-refractivity contribution in [2.45, 2.75) is 26.3 Å². The van der Waals surface area contributed by atoms with Crippen LogP contribution in [0.1, 0.15) is 40.9 Å². The normalized spacial score (nSPS) is 12.0. The molecule has 1 atom stereocenters. The van der Waals surface area contributed by atoms with Gasteiger partial charge in [0.15, 0.2) is 0 Å². The summed E-state index contributed by atoms with van der Waals surface area (Å²) in [5, 5.41) is 3.06. The van der Waals surface area contributed by atoms with Crippen LogP contribution in [0, 0.1) is 6.92 Å². The Balaban J connectivity index is 2.15. The van der Waals surface area contributed by atoms with Gasteiger partial charge in [-0.1, -0.05) is 41.1 Å². The Morgan fingerprint density at radius 3 is 2.48 bits per heavy atom. The van der Waals surface area contributed by atoms with Crippen molar-refractivity contribution in [1.82, 2.24) is 5.32 Å². The SMILES string of the molecule is CCC(NC(=O)c1ccc(C)c(N)c1)c1ccc(Br)cc1. The fraction of sp³-hybridized carbons (Fsp3) is 0.235. The van der Waals surface area contributed by atoms with Gasteiger partial charge < -0.3 is 11.1 Å². The Morgan fingerprint density at radius 2 is 1.90 bits per heavy atom. The van der Waals surface area contributed by atoms with Crippen molar-refractivity contribution < 1.29 is 4.79 Å². The molecular weight excluding hydrogens is 328 g/mol. The molecule has 3 nitrogen and oxygen atoms in total. The Bertz CT molecular complexity index is 638. The van der Waals surface area contributed by atoms with Crippen LogP contribution in [-0.2, 0) is 0 Å². The number of halogens is 1. The van der Waals surface area contributed by atoms with Crippen molar-refractivity contribution in [1.29, 1.82) is 0 Å². The number of amides is 1. The van der Waals surface area contributed by atoms with E-state index in [0.717, 1.165) is 22.0 Å². The average molecular weight is 347 g/mol. The number of benzene rings is 2. The predicted molar refractivity (Wildman–Crippen MR) is 90.2 cm³/mol. The maximum Gasteiger partial charge on any atom is 0.251 e. The van der Waals surface area contributed by atoms with Crippen LogP contribution in [0.4, 0.5) is 5.69 Å². The summed E-state index contributed by atoms with van der Waals surface area (Å²) in [4.78, 5) is 12.3. The minimum atomic E-state index is -0.100. The van der Waals surface area contributed by atoms with Crippen LogP contribution in [0.3, 0.4) is 0 Å². The summed E-state index contributed by atoms with van der Waals surface area (Å²) >= 11 is 3.42. The molecule has 0 aliphatic heterocycles. The number of nitrogens with two attached hydrogens (primary N) is 1. The van der Waals surface area contributed by atoms with Gasteiger partial charge in [0.05, 0.1) is 6.04 Å². The molecule has 1 unspecified atom stereocenters. The molecule has 0 heterocycles. The van der Waals surface area contributed by atoms with Crippen LogP contribution >= 0.6 is 15.9 Å². The summed E-state index contributed by atoms with van der Waals surface area (Å²) in [7, 11) is 0. The summed E-state index contributed by atoms with van der Waals surface area (Å²) in [5.74, 6) is -0.100. The second-order valence-corrected chi connectivity index (χ2v) is 5.97. The zero-order valence-electron chi connectivity index (χ0n) is 12.2. The number of nitrogen functional groups attached to an aromatic ring is 1. The summed E-state index contributed by atoms with van der Waals surface area (Å²) in [6, 6.07) is 13.4. The first-order valence-corrected chi connectivity index (χ1v) is 7.73. The summed E-state index contributed by atoms with van der Waals surface area (Å²) < 4.78 is 1.03. The van der Waals surface area contributed by atoms with E-state index in [9.17, 15) is 4.79 Å². The first-order chi connectivity index (χ1) is 10.0. The van der Waals surface area contributed by atoms with E-state index in [-0.39, 0.29) is 11.9 Å². The third-order valence-corrected chi connectivity index (χ3v) is 4.06. The second-order valence-electron chi connectivity index (χ2n) is 5.06. The zero-order chi connectivity index (χ0) is 15.4. The van der Waals surface area contributed by atoms with Crippen LogP contribution in [0.5, 0.6) is 0 Å². The predicted octanol–water partition coefficient (Wildman–Crippen LogP) is 4.22. The van der Waals surface area contributed by atoms with Crippen molar-refractivity contribution in [3.63, 3.8) is 0 Å². The first-order valence-electron chi connectivity index (χ1n) is 6.93. The molecule has 0 spiro atoms. The first kappa shape index (κ1) is 15.6. The molecule has 0 aliphatic rings. The number of aryl methyl sites for hydroxylation is 1. The van der Waals surface area contributed by atoms with Crippen molar-refractivity contribution in [3.8, 4) is 0 Å². The van der Waals surface area contributed by atoms with E-state index in [2.05, 4.69) is 28.2 Å². The number of carbonyl (C=O) groups excluding carboxylic acids is 1. The quantitative estimate of drug-likeness (QED) is 0.814. The molecule has 0 radical (unpaired) electrons. The molecule has 0 saturated carbocycles. The molecule has 110 valence electrons. The summed E-state index contributed by atoms with van der Waals surface area (Å²) in [6.45, 7) is 3.98. The fourth-order valence-electron chi connectivity index (χ4n) is 2.14. The van der Waals surface area contributed by atoms with E-state index < -0.39 is 0 Å². The molecule has 0 bridgehead atoms. The van der Waals surface area contributed by atoms with Crippen LogP contribution in [0.15, 0.2) is 46.9 Å². The van der Waals surface area contributed by atoms with Gasteiger partial charge in [-0.15, -0.1) is 0 Å². The number of rotatable bonds is 4. The number of carbonyl (C=O) groups is 1. The van der Waals surface area contributed by atoms with E-state index in [0.29, 0.717) is 11.3 Å². The minimum absolute atomic E-state index is 0.00636. The van der Waals surface area contributed by atoms with E-state index in [1.54, 1.807) is 12.1 Å². The van der Waals surface area contributed by atoms with E-state index in [1.165, 1.54) is 0 Å². The summed E-state index contributed by atoms with van der Waals surface area (Å²) in [5.41, 5.74) is 9.16. The lowest BCUT2D eigenvalue weighted by Gasteiger charge is -2.18. The Kier molecular flexibility index (Phi) is 5.02. The molecule has 0 aromatic heterocycles. The van der Waals surface area contributed by atoms with E-state index in [4.69, 9.17) is 5.73 Å². The monoisotopic (exact) mass is 346 g/mol. The molecule has 2 rings (SSSR count). The van der Waals surface area contributed by atoms with Gasteiger partial charge in [-0.25, -0.2) is 0 Å². The Hall–Kier alpha value is -1.81. The van der Waals surface area contributed by atoms with Crippen molar-refractivity contribution >= 4 is 27.5 Å². The third kappa shape index (κ3) is 3.85. The lowest BCUT2D eigenvalue weighted by Crippen LogP contribution is -2.28. The van der Waals surface area contributed by atoms with E-state index >= 15 is 0 Å². The maximum atomic E-state index is 12.3. The smallest absolute Gasteiger partial charge is 0.251 e. The highest BCUT2D eigenvalue weighted by molar-refractivity contribution is 9.10. The number of anilines is 1. The van der Waals surface area contributed by atoms with Gasteiger partial charge in [0.25, 0.3) is 5.91 Å². The van der Waals surface area contributed by atoms with E-state index in [1.807, 2.05) is 37.3 Å². The minimum Gasteiger partial charge on any atom is -0.398 e. The lowest BCUT2D eigenvalue weighted by atomic mass is 10.0. The number of nitrogens with one attached hydrogen (secondary N) is 1. The fourth-order valence-corrected chi connectivity index (χ4v) is 2.40. The second kappa shape index (κ2) is 6.76. The highest BCUT2D eigenvalue weighted by Gasteiger charge is 2.14. The van der Waals surface area contributed by atoms with Crippen LogP contribution in [-0.4, -0.2) is 5.91 Å². The molecule has 1 amide bonds. The lowest BCUT2D eigenvalue weighted by molar-refractivity contribution is 0.0935. The molecule has 4 heteroatoms. The van der Waals surface area contributed by atoms with Gasteiger partial charge in [0, 0.05) is 15.7 Å². The third-order valence-electron chi connectivity index (χ3n) is 3.53.